The molecule has 0 aliphatic carbocycles. The van der Waals surface area contributed by atoms with Crippen LogP contribution in [0.4, 0.5) is 5.69 Å². The molecule has 2 aliphatic rings. The Bertz CT molecular complexity index is 1370. The first kappa shape index (κ1) is 26.5. The molecule has 2 aliphatic heterocycles. The van der Waals surface area contributed by atoms with Crippen LogP contribution in [0, 0.1) is 0 Å². The lowest BCUT2D eigenvalue weighted by Crippen LogP contribution is -2.47. The molecule has 0 spiro atoms. The number of rotatable bonds is 5. The molecule has 0 saturated heterocycles. The summed E-state index contributed by atoms with van der Waals surface area (Å²) in [6, 6.07) is 8.33. The van der Waals surface area contributed by atoms with E-state index in [-0.39, 0.29) is 23.9 Å². The normalized spacial score (nSPS) is 15.4. The number of amides is 2. The van der Waals surface area contributed by atoms with Crippen LogP contribution in [-0.4, -0.2) is 66.0 Å². The zero-order valence-electron chi connectivity index (χ0n) is 23.3. The molecule has 3 aromatic rings. The van der Waals surface area contributed by atoms with E-state index in [1.54, 1.807) is 18.4 Å². The van der Waals surface area contributed by atoms with E-state index in [0.717, 1.165) is 66.9 Å². The number of anilines is 1. The van der Waals surface area contributed by atoms with E-state index in [0.29, 0.717) is 11.4 Å². The van der Waals surface area contributed by atoms with E-state index in [2.05, 4.69) is 54.2 Å². The molecule has 38 heavy (non-hydrogen) atoms. The van der Waals surface area contributed by atoms with E-state index in [1.807, 2.05) is 30.0 Å². The predicted molar refractivity (Wildman–Crippen MR) is 154 cm³/mol. The molecule has 2 amide bonds. The Morgan fingerprint density at radius 1 is 1.13 bits per heavy atom. The van der Waals surface area contributed by atoms with E-state index in [4.69, 9.17) is 4.74 Å². The first-order valence-electron chi connectivity index (χ1n) is 13.4. The number of methoxy groups -OCH3 is 1. The van der Waals surface area contributed by atoms with Crippen molar-refractivity contribution in [2.24, 2.45) is 0 Å². The number of nitrogens with one attached hydrogen (secondary N) is 1. The summed E-state index contributed by atoms with van der Waals surface area (Å²) in [6.07, 6.45) is 3.70. The van der Waals surface area contributed by atoms with E-state index in [1.165, 1.54) is 10.4 Å². The lowest BCUT2D eigenvalue weighted by atomic mass is 9.92. The second kappa shape index (κ2) is 10.2. The smallest absolute Gasteiger partial charge is 0.271 e. The number of aromatic nitrogens is 1. The standard InChI is InChI=1S/C30H38N4O3S/c1-30(2,3)34-13-8-7-10-20-26(24-11-9-15-38-24)27-21-17-22(31-25(35)18-32(4)5)23(37-6)16-19(21)12-14-33(27)28(20)29(34)36/h9,11,15-17H,7-8,10,12-14,18H2,1-6H3,(H,31,35). The number of likely N-dealkylation sites (N-methyl/N-ethyl adjacent to an activating group) is 1. The number of aryl methyl sites for hydroxylation is 1. The van der Waals surface area contributed by atoms with Crippen LogP contribution in [0.2, 0.25) is 0 Å². The van der Waals surface area contributed by atoms with Crippen LogP contribution in [0.15, 0.2) is 29.6 Å². The van der Waals surface area contributed by atoms with Crippen molar-refractivity contribution < 1.29 is 14.3 Å². The van der Waals surface area contributed by atoms with Crippen molar-refractivity contribution in [3.8, 4) is 27.4 Å². The van der Waals surface area contributed by atoms with Crippen molar-refractivity contribution in [1.29, 1.82) is 0 Å². The van der Waals surface area contributed by atoms with Gasteiger partial charge in [-0.15, -0.1) is 11.3 Å². The third-order valence-electron chi connectivity index (χ3n) is 7.47. The van der Waals surface area contributed by atoms with Gasteiger partial charge in [0, 0.05) is 34.6 Å². The highest BCUT2D eigenvalue weighted by atomic mass is 32.1. The zero-order chi connectivity index (χ0) is 27.2. The maximum Gasteiger partial charge on any atom is 0.271 e. The summed E-state index contributed by atoms with van der Waals surface area (Å²) in [4.78, 5) is 32.0. The van der Waals surface area contributed by atoms with E-state index >= 15 is 0 Å². The fourth-order valence-corrected chi connectivity index (χ4v) is 6.61. The Morgan fingerprint density at radius 3 is 2.58 bits per heavy atom. The first-order chi connectivity index (χ1) is 18.1. The quantitative estimate of drug-likeness (QED) is 0.468. The lowest BCUT2D eigenvalue weighted by Gasteiger charge is -2.37. The van der Waals surface area contributed by atoms with Gasteiger partial charge in [-0.2, -0.15) is 0 Å². The van der Waals surface area contributed by atoms with Gasteiger partial charge in [0.25, 0.3) is 5.91 Å². The molecule has 0 saturated carbocycles. The molecule has 0 radical (unpaired) electrons. The minimum absolute atomic E-state index is 0.0961. The van der Waals surface area contributed by atoms with Gasteiger partial charge in [0.1, 0.15) is 11.4 Å². The third-order valence-corrected chi connectivity index (χ3v) is 8.35. The molecule has 1 aromatic carbocycles. The van der Waals surface area contributed by atoms with Gasteiger partial charge < -0.3 is 24.4 Å². The molecule has 202 valence electrons. The van der Waals surface area contributed by atoms with Gasteiger partial charge in [-0.1, -0.05) is 6.07 Å². The number of hydrogen-bond acceptors (Lipinski definition) is 5. The molecule has 8 heteroatoms. The summed E-state index contributed by atoms with van der Waals surface area (Å²) in [7, 11) is 5.38. The van der Waals surface area contributed by atoms with Gasteiger partial charge in [0.05, 0.1) is 25.0 Å². The fourth-order valence-electron chi connectivity index (χ4n) is 5.81. The van der Waals surface area contributed by atoms with Crippen LogP contribution in [0.3, 0.4) is 0 Å². The molecule has 4 heterocycles. The summed E-state index contributed by atoms with van der Waals surface area (Å²) in [5.41, 5.74) is 6.85. The number of carbonyl (C=O) groups is 2. The van der Waals surface area contributed by atoms with Crippen molar-refractivity contribution in [3.63, 3.8) is 0 Å². The van der Waals surface area contributed by atoms with Crippen molar-refractivity contribution in [3.05, 3.63) is 46.5 Å². The minimum atomic E-state index is -0.261. The molecule has 1 N–H and O–H groups in total. The largest absolute Gasteiger partial charge is 0.495 e. The summed E-state index contributed by atoms with van der Waals surface area (Å²) in [5.74, 6) is 0.677. The average molecular weight is 535 g/mol. The lowest BCUT2D eigenvalue weighted by molar-refractivity contribution is -0.116. The topological polar surface area (TPSA) is 66.8 Å². The zero-order valence-corrected chi connectivity index (χ0v) is 24.1. The number of fused-ring (bicyclic) bond motifs is 5. The molecule has 5 rings (SSSR count). The number of hydrogen-bond donors (Lipinski definition) is 1. The summed E-state index contributed by atoms with van der Waals surface area (Å²) in [6.45, 7) is 8.15. The Labute approximate surface area is 229 Å². The molecule has 0 fully saturated rings. The number of benzene rings is 1. The maximum atomic E-state index is 14.2. The molecule has 0 atom stereocenters. The number of thiophene rings is 1. The van der Waals surface area contributed by atoms with Crippen molar-refractivity contribution in [2.45, 2.75) is 58.5 Å². The van der Waals surface area contributed by atoms with Gasteiger partial charge in [-0.3, -0.25) is 9.59 Å². The van der Waals surface area contributed by atoms with E-state index in [9.17, 15) is 9.59 Å². The highest BCUT2D eigenvalue weighted by Crippen LogP contribution is 2.48. The Hall–Kier alpha value is -3.10. The van der Waals surface area contributed by atoms with Crippen LogP contribution in [-0.2, 0) is 24.2 Å². The first-order valence-corrected chi connectivity index (χ1v) is 14.2. The van der Waals surface area contributed by atoms with Crippen LogP contribution in [0.25, 0.3) is 21.7 Å². The summed E-state index contributed by atoms with van der Waals surface area (Å²) in [5, 5.41) is 5.16. The molecular formula is C30H38N4O3S. The van der Waals surface area contributed by atoms with Crippen LogP contribution in [0.1, 0.15) is 55.2 Å². The van der Waals surface area contributed by atoms with E-state index < -0.39 is 0 Å². The highest BCUT2D eigenvalue weighted by Gasteiger charge is 2.37. The summed E-state index contributed by atoms with van der Waals surface area (Å²) >= 11 is 1.71. The van der Waals surface area contributed by atoms with Crippen molar-refractivity contribution >= 4 is 28.8 Å². The molecule has 7 nitrogen and oxygen atoms in total. The monoisotopic (exact) mass is 534 g/mol. The van der Waals surface area contributed by atoms with Crippen molar-refractivity contribution in [2.75, 3.05) is 39.6 Å². The molecule has 2 aromatic heterocycles. The second-order valence-electron chi connectivity index (χ2n) is 11.5. The van der Waals surface area contributed by atoms with Crippen molar-refractivity contribution in [1.82, 2.24) is 14.4 Å². The average Bonchev–Trinajstić information content (AvgIpc) is 3.46. The Balaban J connectivity index is 1.74. The molecule has 0 bridgehead atoms. The number of carbonyl (C=O) groups excluding carboxylic acids is 2. The maximum absolute atomic E-state index is 14.2. The van der Waals surface area contributed by atoms with Crippen LogP contribution < -0.4 is 10.1 Å². The number of ether oxygens (including phenoxy) is 1. The second-order valence-corrected chi connectivity index (χ2v) is 12.5. The van der Waals surface area contributed by atoms with Gasteiger partial charge in [-0.05, 0) is 95.3 Å². The van der Waals surface area contributed by atoms with Gasteiger partial charge in [0.2, 0.25) is 5.91 Å². The number of nitrogens with zero attached hydrogens (tertiary/aromatic N) is 3. The van der Waals surface area contributed by atoms with Gasteiger partial charge in [0.15, 0.2) is 0 Å². The van der Waals surface area contributed by atoms with Crippen LogP contribution >= 0.6 is 11.3 Å². The Morgan fingerprint density at radius 2 is 1.92 bits per heavy atom. The third kappa shape index (κ3) is 4.76. The Kier molecular flexibility index (Phi) is 7.13. The molecular weight excluding hydrogens is 496 g/mol. The van der Waals surface area contributed by atoms with Gasteiger partial charge in [-0.25, -0.2) is 0 Å². The molecule has 0 unspecified atom stereocenters. The summed E-state index contributed by atoms with van der Waals surface area (Å²) < 4.78 is 7.96. The predicted octanol–water partition coefficient (Wildman–Crippen LogP) is 5.53. The highest BCUT2D eigenvalue weighted by molar-refractivity contribution is 7.13. The SMILES string of the molecule is COc1cc2c(cc1NC(=O)CN(C)C)-c1c(-c3cccs3)c3c(n1CC2)C(=O)N(C(C)(C)C)CCCC3. The van der Waals surface area contributed by atoms with Gasteiger partial charge >= 0.3 is 0 Å². The van der Waals surface area contributed by atoms with Crippen LogP contribution in [0.5, 0.6) is 5.75 Å². The fraction of sp³-hybridized carbons (Fsp3) is 0.467. The minimum Gasteiger partial charge on any atom is -0.495 e.